The Morgan fingerprint density at radius 2 is 1.84 bits per heavy atom. The maximum absolute atomic E-state index is 12.9. The maximum atomic E-state index is 12.9. The van der Waals surface area contributed by atoms with Gasteiger partial charge in [-0.05, 0) is 35.9 Å². The summed E-state index contributed by atoms with van der Waals surface area (Å²) in [7, 11) is 1.30. The van der Waals surface area contributed by atoms with E-state index in [2.05, 4.69) is 6.07 Å². The molecule has 0 saturated heterocycles. The minimum atomic E-state index is -0.644. The van der Waals surface area contributed by atoms with Crippen LogP contribution in [-0.4, -0.2) is 19.0 Å². The first-order valence-electron chi connectivity index (χ1n) is 10.8. The molecule has 10 heteroatoms. The average molecular weight is 551 g/mol. The number of halogens is 2. The van der Waals surface area contributed by atoms with Crippen LogP contribution in [0.4, 0.5) is 0 Å². The van der Waals surface area contributed by atoms with Crippen molar-refractivity contribution in [1.29, 1.82) is 5.26 Å². The molecule has 1 aliphatic rings. The second kappa shape index (κ2) is 9.79. The monoisotopic (exact) mass is 550 g/mol. The van der Waals surface area contributed by atoms with Gasteiger partial charge in [0.15, 0.2) is 0 Å². The van der Waals surface area contributed by atoms with Gasteiger partial charge in [0, 0.05) is 21.7 Å². The summed E-state index contributed by atoms with van der Waals surface area (Å²) in [5, 5.41) is 11.0. The lowest BCUT2D eigenvalue weighted by Gasteiger charge is -2.26. The summed E-state index contributed by atoms with van der Waals surface area (Å²) >= 11 is 13.9. The molecule has 0 fully saturated rings. The van der Waals surface area contributed by atoms with Gasteiger partial charge in [-0.25, -0.2) is 9.59 Å². The Hall–Kier alpha value is -4.03. The summed E-state index contributed by atoms with van der Waals surface area (Å²) < 4.78 is 16.8. The zero-order valence-electron chi connectivity index (χ0n) is 19.1. The van der Waals surface area contributed by atoms with E-state index in [1.165, 1.54) is 24.5 Å². The molecule has 1 atom stereocenters. The quantitative estimate of drug-likeness (QED) is 0.230. The SMILES string of the molecule is COC(=O)c1ccc(C2C(C#N)=C(N)Oc3cc(OC(=O)c4sc5cccc(Cl)c5c4Cl)ccc32)cc1. The second-order valence-corrected chi connectivity index (χ2v) is 9.82. The third-order valence-electron chi connectivity index (χ3n) is 5.86. The minimum absolute atomic E-state index is 0.0669. The van der Waals surface area contributed by atoms with Gasteiger partial charge in [-0.3, -0.25) is 0 Å². The van der Waals surface area contributed by atoms with Gasteiger partial charge in [0.1, 0.15) is 28.0 Å². The Morgan fingerprint density at radius 1 is 1.08 bits per heavy atom. The van der Waals surface area contributed by atoms with Crippen LogP contribution in [0.15, 0.2) is 72.1 Å². The van der Waals surface area contributed by atoms with Crippen molar-refractivity contribution >= 4 is 56.6 Å². The van der Waals surface area contributed by atoms with Crippen molar-refractivity contribution in [2.75, 3.05) is 7.11 Å². The number of benzene rings is 3. The molecule has 0 bridgehead atoms. The van der Waals surface area contributed by atoms with Crippen molar-refractivity contribution < 1.29 is 23.8 Å². The highest BCUT2D eigenvalue weighted by Gasteiger charge is 2.31. The summed E-state index contributed by atoms with van der Waals surface area (Å²) in [4.78, 5) is 25.0. The molecule has 0 saturated carbocycles. The van der Waals surface area contributed by atoms with Crippen molar-refractivity contribution in [2.45, 2.75) is 5.92 Å². The first-order chi connectivity index (χ1) is 17.8. The third kappa shape index (κ3) is 4.38. The number of nitrogens with zero attached hydrogens (tertiary/aromatic N) is 1. The Kier molecular flexibility index (Phi) is 6.52. The molecule has 1 aromatic heterocycles. The number of fused-ring (bicyclic) bond motifs is 2. The number of rotatable bonds is 4. The van der Waals surface area contributed by atoms with E-state index < -0.39 is 17.9 Å². The first-order valence-corrected chi connectivity index (χ1v) is 12.4. The van der Waals surface area contributed by atoms with E-state index in [0.717, 1.165) is 10.3 Å². The first kappa shape index (κ1) is 24.7. The van der Waals surface area contributed by atoms with Crippen LogP contribution in [-0.2, 0) is 4.74 Å². The van der Waals surface area contributed by atoms with Crippen molar-refractivity contribution in [3.05, 3.63) is 104 Å². The zero-order chi connectivity index (χ0) is 26.3. The molecule has 5 rings (SSSR count). The van der Waals surface area contributed by atoms with Gasteiger partial charge < -0.3 is 19.9 Å². The number of thiophene rings is 1. The molecular formula is C27H16Cl2N2O5S. The molecule has 1 unspecified atom stereocenters. The van der Waals surface area contributed by atoms with E-state index in [0.29, 0.717) is 27.3 Å². The van der Waals surface area contributed by atoms with Crippen LogP contribution in [0.1, 0.15) is 37.1 Å². The maximum Gasteiger partial charge on any atom is 0.355 e. The number of hydrogen-bond acceptors (Lipinski definition) is 8. The summed E-state index contributed by atoms with van der Waals surface area (Å²) in [6.45, 7) is 0. The number of hydrogen-bond donors (Lipinski definition) is 1. The summed E-state index contributed by atoms with van der Waals surface area (Å²) in [6.07, 6.45) is 0. The summed E-state index contributed by atoms with van der Waals surface area (Å²) in [5.74, 6) is -1.20. The fraction of sp³-hybridized carbons (Fsp3) is 0.0741. The molecule has 3 aromatic carbocycles. The molecule has 184 valence electrons. The lowest BCUT2D eigenvalue weighted by atomic mass is 9.83. The van der Waals surface area contributed by atoms with Gasteiger partial charge in [0.25, 0.3) is 0 Å². The van der Waals surface area contributed by atoms with Gasteiger partial charge in [0.05, 0.1) is 28.6 Å². The Bertz CT molecular complexity index is 1650. The van der Waals surface area contributed by atoms with E-state index in [1.807, 2.05) is 6.07 Å². The molecule has 4 aromatic rings. The molecule has 0 spiro atoms. The number of methoxy groups -OCH3 is 1. The molecule has 2 heterocycles. The van der Waals surface area contributed by atoms with Gasteiger partial charge in [0.2, 0.25) is 5.88 Å². The fourth-order valence-corrected chi connectivity index (χ4v) is 5.95. The number of carbonyl (C=O) groups is 2. The van der Waals surface area contributed by atoms with Gasteiger partial charge in [-0.1, -0.05) is 47.5 Å². The van der Waals surface area contributed by atoms with Crippen molar-refractivity contribution in [1.82, 2.24) is 0 Å². The normalized spacial score (nSPS) is 14.5. The third-order valence-corrected chi connectivity index (χ3v) is 7.80. The lowest BCUT2D eigenvalue weighted by molar-refractivity contribution is 0.0600. The highest BCUT2D eigenvalue weighted by Crippen LogP contribution is 2.44. The van der Waals surface area contributed by atoms with Crippen LogP contribution >= 0.6 is 34.5 Å². The number of nitriles is 1. The van der Waals surface area contributed by atoms with Gasteiger partial charge >= 0.3 is 11.9 Å². The van der Waals surface area contributed by atoms with Gasteiger partial charge in [-0.2, -0.15) is 5.26 Å². The molecule has 0 radical (unpaired) electrons. The smallest absolute Gasteiger partial charge is 0.355 e. The second-order valence-electron chi connectivity index (χ2n) is 7.99. The predicted octanol–water partition coefficient (Wildman–Crippen LogP) is 6.43. The molecule has 2 N–H and O–H groups in total. The van der Waals surface area contributed by atoms with Crippen LogP contribution < -0.4 is 15.2 Å². The molecule has 1 aliphatic heterocycles. The number of allylic oxidation sites excluding steroid dienone is 1. The van der Waals surface area contributed by atoms with Crippen molar-refractivity contribution in [3.8, 4) is 17.6 Å². The van der Waals surface area contributed by atoms with Crippen LogP contribution in [0.3, 0.4) is 0 Å². The lowest BCUT2D eigenvalue weighted by Crippen LogP contribution is -2.21. The molecule has 0 amide bonds. The Morgan fingerprint density at radius 3 is 2.51 bits per heavy atom. The number of ether oxygens (including phenoxy) is 3. The van der Waals surface area contributed by atoms with E-state index in [4.69, 9.17) is 43.1 Å². The largest absolute Gasteiger partial charge is 0.465 e. The van der Waals surface area contributed by atoms with Crippen LogP contribution in [0.25, 0.3) is 10.1 Å². The zero-order valence-corrected chi connectivity index (χ0v) is 21.4. The average Bonchev–Trinajstić information content (AvgIpc) is 3.25. The molecule has 0 aliphatic carbocycles. The Labute approximate surface area is 225 Å². The topological polar surface area (TPSA) is 112 Å². The van der Waals surface area contributed by atoms with Crippen LogP contribution in [0.5, 0.6) is 11.5 Å². The van der Waals surface area contributed by atoms with E-state index in [-0.39, 0.29) is 27.1 Å². The molecular weight excluding hydrogens is 535 g/mol. The summed E-state index contributed by atoms with van der Waals surface area (Å²) in [5.41, 5.74) is 8.03. The highest BCUT2D eigenvalue weighted by molar-refractivity contribution is 7.21. The van der Waals surface area contributed by atoms with Crippen molar-refractivity contribution in [3.63, 3.8) is 0 Å². The standard InChI is InChI=1S/C27H16Cl2N2O5S/c1-34-26(32)14-7-5-13(6-8-14)21-16-10-9-15(11-19(16)36-25(31)17(21)12-30)35-27(33)24-23(29)22-18(28)3-2-4-20(22)37-24/h2-11,21H,31H2,1H3. The highest BCUT2D eigenvalue weighted by atomic mass is 35.5. The van der Waals surface area contributed by atoms with Crippen LogP contribution in [0.2, 0.25) is 10.0 Å². The number of nitrogens with two attached hydrogens (primary N) is 1. The number of esters is 2. The number of carbonyl (C=O) groups excluding carboxylic acids is 2. The van der Waals surface area contributed by atoms with Gasteiger partial charge in [-0.15, -0.1) is 11.3 Å². The summed E-state index contributed by atoms with van der Waals surface area (Å²) in [6, 6.07) is 18.9. The van der Waals surface area contributed by atoms with Crippen molar-refractivity contribution in [2.24, 2.45) is 5.73 Å². The molecule has 7 nitrogen and oxygen atoms in total. The Balaban J connectivity index is 1.48. The van der Waals surface area contributed by atoms with Crippen LogP contribution in [0, 0.1) is 11.3 Å². The van der Waals surface area contributed by atoms with E-state index >= 15 is 0 Å². The van der Waals surface area contributed by atoms with E-state index in [9.17, 15) is 14.9 Å². The minimum Gasteiger partial charge on any atom is -0.465 e. The molecule has 37 heavy (non-hydrogen) atoms. The predicted molar refractivity (Wildman–Crippen MR) is 140 cm³/mol. The van der Waals surface area contributed by atoms with E-state index in [1.54, 1.807) is 48.5 Å². The fourth-order valence-electron chi connectivity index (χ4n) is 4.13.